The molecule has 0 aromatic rings. The third-order valence-electron chi connectivity index (χ3n) is 5.28. The second-order valence-corrected chi connectivity index (χ2v) is 6.65. The highest BCUT2D eigenvalue weighted by molar-refractivity contribution is 5.84. The third-order valence-corrected chi connectivity index (χ3v) is 5.28. The Morgan fingerprint density at radius 3 is 2.26 bits per heavy atom. The summed E-state index contributed by atoms with van der Waals surface area (Å²) >= 11 is 0. The normalized spacial score (nSPS) is 27.3. The van der Waals surface area contributed by atoms with Crippen molar-refractivity contribution in [2.75, 3.05) is 13.1 Å². The zero-order chi connectivity index (χ0) is 14.1. The van der Waals surface area contributed by atoms with E-state index in [1.165, 1.54) is 0 Å². The van der Waals surface area contributed by atoms with Crippen molar-refractivity contribution in [3.63, 3.8) is 0 Å². The van der Waals surface area contributed by atoms with Crippen LogP contribution in [0.25, 0.3) is 0 Å². The second kappa shape index (κ2) is 5.41. The van der Waals surface area contributed by atoms with E-state index in [9.17, 15) is 15.0 Å². The predicted molar refractivity (Wildman–Crippen MR) is 73.6 cm³/mol. The topological polar surface area (TPSA) is 60.8 Å². The standard InChI is InChI=1S/C15H27NO3/c1-3-14(2,19)13(18)16-10-8-15(9-11-16)6-4-12(17)5-7-15/h12,17,19H,3-11H2,1-2H3. The van der Waals surface area contributed by atoms with Gasteiger partial charge in [-0.15, -0.1) is 0 Å². The van der Waals surface area contributed by atoms with Gasteiger partial charge in [-0.25, -0.2) is 0 Å². The molecule has 19 heavy (non-hydrogen) atoms. The lowest BCUT2D eigenvalue weighted by Gasteiger charge is -2.46. The van der Waals surface area contributed by atoms with Crippen molar-refractivity contribution in [3.05, 3.63) is 0 Å². The number of likely N-dealkylation sites (tertiary alicyclic amines) is 1. The number of hydrogen-bond acceptors (Lipinski definition) is 3. The van der Waals surface area contributed by atoms with Crippen LogP contribution in [0.3, 0.4) is 0 Å². The first-order valence-corrected chi connectivity index (χ1v) is 7.58. The van der Waals surface area contributed by atoms with Gasteiger partial charge in [-0.1, -0.05) is 6.92 Å². The molecular formula is C15H27NO3. The first-order valence-electron chi connectivity index (χ1n) is 7.58. The molecule has 0 bridgehead atoms. The average molecular weight is 269 g/mol. The molecule has 1 atom stereocenters. The summed E-state index contributed by atoms with van der Waals surface area (Å²) in [6, 6.07) is 0. The number of nitrogens with zero attached hydrogens (tertiary/aromatic N) is 1. The number of aliphatic hydroxyl groups is 2. The molecule has 2 aliphatic rings. The average Bonchev–Trinajstić information content (AvgIpc) is 2.42. The Labute approximate surface area is 115 Å². The van der Waals surface area contributed by atoms with Crippen molar-refractivity contribution in [1.82, 2.24) is 4.90 Å². The number of carbonyl (C=O) groups excluding carboxylic acids is 1. The Kier molecular flexibility index (Phi) is 4.21. The van der Waals surface area contributed by atoms with Gasteiger partial charge in [-0.05, 0) is 57.3 Å². The molecule has 1 aliphatic heterocycles. The molecule has 1 saturated heterocycles. The highest BCUT2D eigenvalue weighted by Crippen LogP contribution is 2.44. The van der Waals surface area contributed by atoms with E-state index in [0.29, 0.717) is 11.8 Å². The van der Waals surface area contributed by atoms with Crippen LogP contribution in [0.5, 0.6) is 0 Å². The van der Waals surface area contributed by atoms with Crippen LogP contribution in [0.4, 0.5) is 0 Å². The van der Waals surface area contributed by atoms with Gasteiger partial charge in [0.1, 0.15) is 5.60 Å². The number of piperidine rings is 1. The van der Waals surface area contributed by atoms with E-state index in [1.54, 1.807) is 6.92 Å². The van der Waals surface area contributed by atoms with Gasteiger partial charge in [0.05, 0.1) is 6.10 Å². The van der Waals surface area contributed by atoms with Gasteiger partial charge in [-0.3, -0.25) is 4.79 Å². The zero-order valence-corrected chi connectivity index (χ0v) is 12.2. The highest BCUT2D eigenvalue weighted by atomic mass is 16.3. The van der Waals surface area contributed by atoms with Crippen molar-refractivity contribution >= 4 is 5.91 Å². The zero-order valence-electron chi connectivity index (χ0n) is 12.2. The van der Waals surface area contributed by atoms with E-state index >= 15 is 0 Å². The molecule has 110 valence electrons. The maximum Gasteiger partial charge on any atom is 0.254 e. The van der Waals surface area contributed by atoms with Gasteiger partial charge < -0.3 is 15.1 Å². The molecule has 0 radical (unpaired) electrons. The van der Waals surface area contributed by atoms with Crippen LogP contribution < -0.4 is 0 Å². The summed E-state index contributed by atoms with van der Waals surface area (Å²) in [7, 11) is 0. The van der Waals surface area contributed by atoms with E-state index in [-0.39, 0.29) is 12.0 Å². The molecule has 2 rings (SSSR count). The van der Waals surface area contributed by atoms with Gasteiger partial charge in [0.25, 0.3) is 5.91 Å². The summed E-state index contributed by atoms with van der Waals surface area (Å²) in [6.45, 7) is 4.96. The molecule has 0 aromatic carbocycles. The van der Waals surface area contributed by atoms with E-state index < -0.39 is 5.60 Å². The highest BCUT2D eigenvalue weighted by Gasteiger charge is 2.41. The summed E-state index contributed by atoms with van der Waals surface area (Å²) in [4.78, 5) is 14.0. The van der Waals surface area contributed by atoms with Crippen LogP contribution in [0.1, 0.15) is 58.8 Å². The number of aliphatic hydroxyl groups excluding tert-OH is 1. The van der Waals surface area contributed by atoms with Crippen molar-refractivity contribution in [1.29, 1.82) is 0 Å². The van der Waals surface area contributed by atoms with Crippen molar-refractivity contribution in [2.24, 2.45) is 5.41 Å². The molecular weight excluding hydrogens is 242 g/mol. The van der Waals surface area contributed by atoms with Crippen LogP contribution in [-0.2, 0) is 4.79 Å². The van der Waals surface area contributed by atoms with Crippen molar-refractivity contribution < 1.29 is 15.0 Å². The van der Waals surface area contributed by atoms with E-state index in [1.807, 2.05) is 11.8 Å². The Morgan fingerprint density at radius 1 is 1.26 bits per heavy atom. The van der Waals surface area contributed by atoms with E-state index in [2.05, 4.69) is 0 Å². The predicted octanol–water partition coefficient (Wildman–Crippen LogP) is 1.69. The van der Waals surface area contributed by atoms with Gasteiger partial charge >= 0.3 is 0 Å². The summed E-state index contributed by atoms with van der Waals surface area (Å²) in [6.07, 6.45) is 6.35. The minimum Gasteiger partial charge on any atom is -0.393 e. The van der Waals surface area contributed by atoms with Gasteiger partial charge in [0, 0.05) is 13.1 Å². The number of carbonyl (C=O) groups is 1. The Hall–Kier alpha value is -0.610. The molecule has 1 saturated carbocycles. The maximum atomic E-state index is 12.2. The summed E-state index contributed by atoms with van der Waals surface area (Å²) in [5.41, 5.74) is -0.874. The Morgan fingerprint density at radius 2 is 1.79 bits per heavy atom. The number of rotatable bonds is 2. The van der Waals surface area contributed by atoms with Crippen molar-refractivity contribution in [2.45, 2.75) is 70.5 Å². The summed E-state index contributed by atoms with van der Waals surface area (Å²) < 4.78 is 0. The fourth-order valence-electron chi connectivity index (χ4n) is 3.39. The van der Waals surface area contributed by atoms with E-state index in [0.717, 1.165) is 51.6 Å². The first kappa shape index (κ1) is 14.8. The van der Waals surface area contributed by atoms with Crippen LogP contribution in [0.15, 0.2) is 0 Å². The minimum absolute atomic E-state index is 0.119. The minimum atomic E-state index is -1.22. The fraction of sp³-hybridized carbons (Fsp3) is 0.933. The van der Waals surface area contributed by atoms with Gasteiger partial charge in [-0.2, -0.15) is 0 Å². The molecule has 1 unspecified atom stereocenters. The lowest BCUT2D eigenvalue weighted by molar-refractivity contribution is -0.152. The van der Waals surface area contributed by atoms with Crippen LogP contribution in [-0.4, -0.2) is 45.8 Å². The summed E-state index contributed by atoms with van der Waals surface area (Å²) in [5.74, 6) is -0.124. The second-order valence-electron chi connectivity index (χ2n) is 6.65. The lowest BCUT2D eigenvalue weighted by Crippen LogP contribution is -2.52. The van der Waals surface area contributed by atoms with Crippen LogP contribution in [0, 0.1) is 5.41 Å². The largest absolute Gasteiger partial charge is 0.393 e. The molecule has 1 amide bonds. The monoisotopic (exact) mass is 269 g/mol. The van der Waals surface area contributed by atoms with Gasteiger partial charge in [0.15, 0.2) is 0 Å². The molecule has 4 heteroatoms. The molecule has 2 N–H and O–H groups in total. The third kappa shape index (κ3) is 3.11. The van der Waals surface area contributed by atoms with E-state index in [4.69, 9.17) is 0 Å². The first-order chi connectivity index (χ1) is 8.88. The maximum absolute atomic E-state index is 12.2. The molecule has 4 nitrogen and oxygen atoms in total. The Balaban J connectivity index is 1.91. The quantitative estimate of drug-likeness (QED) is 0.802. The Bertz CT molecular complexity index is 322. The van der Waals surface area contributed by atoms with Gasteiger partial charge in [0.2, 0.25) is 0 Å². The number of amides is 1. The smallest absolute Gasteiger partial charge is 0.254 e. The SMILES string of the molecule is CCC(C)(O)C(=O)N1CCC2(CCC(O)CC2)CC1. The van der Waals surface area contributed by atoms with Crippen molar-refractivity contribution in [3.8, 4) is 0 Å². The number of hydrogen-bond donors (Lipinski definition) is 2. The molecule has 0 aromatic heterocycles. The molecule has 1 spiro atoms. The lowest BCUT2D eigenvalue weighted by atomic mass is 9.67. The fourth-order valence-corrected chi connectivity index (χ4v) is 3.39. The molecule has 2 fully saturated rings. The van der Waals surface area contributed by atoms with Crippen LogP contribution in [0.2, 0.25) is 0 Å². The molecule has 1 aliphatic carbocycles. The van der Waals surface area contributed by atoms with Crippen LogP contribution >= 0.6 is 0 Å². The molecule has 1 heterocycles. The summed E-state index contributed by atoms with van der Waals surface area (Å²) in [5, 5.41) is 19.7.